The monoisotopic (exact) mass is 327 g/mol. The van der Waals surface area contributed by atoms with Crippen LogP contribution in [0.5, 0.6) is 5.75 Å². The Morgan fingerprint density at radius 3 is 2.74 bits per heavy atom. The molecule has 5 nitrogen and oxygen atoms in total. The molecule has 1 amide bonds. The Labute approximate surface area is 138 Å². The van der Waals surface area contributed by atoms with E-state index in [0.29, 0.717) is 18.1 Å². The lowest BCUT2D eigenvalue weighted by molar-refractivity contribution is -0.120. The maximum absolute atomic E-state index is 12.6. The molecule has 0 aliphatic carbocycles. The van der Waals surface area contributed by atoms with E-state index in [9.17, 15) is 4.79 Å². The highest BCUT2D eigenvalue weighted by Gasteiger charge is 2.18. The van der Waals surface area contributed by atoms with Gasteiger partial charge in [-0.1, -0.05) is 23.8 Å². The van der Waals surface area contributed by atoms with E-state index < -0.39 is 0 Å². The Kier molecular flexibility index (Phi) is 4.73. The lowest BCUT2D eigenvalue weighted by Crippen LogP contribution is -2.34. The van der Waals surface area contributed by atoms with Crippen LogP contribution in [0, 0.1) is 6.92 Å². The zero-order chi connectivity index (χ0) is 16.1. The number of aromatic nitrogens is 2. The number of ether oxygens (including phenoxy) is 1. The Balaban J connectivity index is 1.68. The summed E-state index contributed by atoms with van der Waals surface area (Å²) < 4.78 is 5.60. The number of hydrogen-bond acceptors (Lipinski definition) is 4. The summed E-state index contributed by atoms with van der Waals surface area (Å²) in [4.78, 5) is 15.3. The van der Waals surface area contributed by atoms with E-state index in [4.69, 9.17) is 4.74 Å². The van der Waals surface area contributed by atoms with Gasteiger partial charge in [0.15, 0.2) is 6.61 Å². The first-order valence-electron chi connectivity index (χ1n) is 7.24. The predicted octanol–water partition coefficient (Wildman–Crippen LogP) is 3.39. The van der Waals surface area contributed by atoms with Crippen LogP contribution >= 0.6 is 11.3 Å². The standard InChI is InChI=1S/C17H17N3O2S/c1-13-4-6-14(7-5-13)22-12-17(21)20(16-8-9-18-19-16)11-15-3-2-10-23-15/h2-10H,11-12H2,1H3,(H,18,19). The molecule has 0 spiro atoms. The topological polar surface area (TPSA) is 58.2 Å². The third-order valence-corrected chi connectivity index (χ3v) is 4.22. The van der Waals surface area contributed by atoms with Gasteiger partial charge in [0.1, 0.15) is 11.6 Å². The van der Waals surface area contributed by atoms with Crippen LogP contribution in [0.15, 0.2) is 54.0 Å². The Hall–Kier alpha value is -2.60. The second-order valence-electron chi connectivity index (χ2n) is 5.10. The molecule has 1 N–H and O–H groups in total. The van der Waals surface area contributed by atoms with Crippen molar-refractivity contribution in [3.05, 3.63) is 64.5 Å². The molecule has 0 saturated heterocycles. The fourth-order valence-corrected chi connectivity index (χ4v) is 2.82. The molecule has 0 aliphatic rings. The average Bonchev–Trinajstić information content (AvgIpc) is 3.25. The van der Waals surface area contributed by atoms with E-state index in [1.165, 1.54) is 0 Å². The molecule has 1 aromatic carbocycles. The molecule has 6 heteroatoms. The highest BCUT2D eigenvalue weighted by Crippen LogP contribution is 2.18. The largest absolute Gasteiger partial charge is 0.484 e. The number of nitrogens with zero attached hydrogens (tertiary/aromatic N) is 2. The van der Waals surface area contributed by atoms with E-state index >= 15 is 0 Å². The summed E-state index contributed by atoms with van der Waals surface area (Å²) in [5.74, 6) is 1.23. The van der Waals surface area contributed by atoms with Crippen molar-refractivity contribution in [3.63, 3.8) is 0 Å². The normalized spacial score (nSPS) is 10.5. The summed E-state index contributed by atoms with van der Waals surface area (Å²) in [6.45, 7) is 2.49. The van der Waals surface area contributed by atoms with Crippen molar-refractivity contribution in [1.29, 1.82) is 0 Å². The number of H-pyrrole nitrogens is 1. The fourth-order valence-electron chi connectivity index (χ4n) is 2.12. The highest BCUT2D eigenvalue weighted by atomic mass is 32.1. The van der Waals surface area contributed by atoms with E-state index in [0.717, 1.165) is 10.4 Å². The van der Waals surface area contributed by atoms with Crippen molar-refractivity contribution in [2.75, 3.05) is 11.5 Å². The van der Waals surface area contributed by atoms with E-state index in [1.807, 2.05) is 48.7 Å². The minimum absolute atomic E-state index is 0.0204. The third-order valence-electron chi connectivity index (χ3n) is 3.36. The highest BCUT2D eigenvalue weighted by molar-refractivity contribution is 7.09. The molecule has 0 aliphatic heterocycles. The average molecular weight is 327 g/mol. The van der Waals surface area contributed by atoms with Gasteiger partial charge >= 0.3 is 0 Å². The van der Waals surface area contributed by atoms with Crippen molar-refractivity contribution in [2.24, 2.45) is 0 Å². The zero-order valence-electron chi connectivity index (χ0n) is 12.7. The molecule has 0 unspecified atom stereocenters. The van der Waals surface area contributed by atoms with Crippen LogP contribution in [0.2, 0.25) is 0 Å². The number of anilines is 1. The molecular formula is C17H17N3O2S. The summed E-state index contributed by atoms with van der Waals surface area (Å²) in [7, 11) is 0. The lowest BCUT2D eigenvalue weighted by Gasteiger charge is -2.20. The van der Waals surface area contributed by atoms with Crippen LogP contribution in [-0.4, -0.2) is 22.7 Å². The minimum atomic E-state index is -0.122. The van der Waals surface area contributed by atoms with E-state index in [-0.39, 0.29) is 12.5 Å². The molecule has 0 saturated carbocycles. The number of thiophene rings is 1. The van der Waals surface area contributed by atoms with Crippen LogP contribution in [-0.2, 0) is 11.3 Å². The number of aryl methyl sites for hydroxylation is 1. The molecule has 2 heterocycles. The van der Waals surface area contributed by atoms with Crippen molar-refractivity contribution < 1.29 is 9.53 Å². The number of rotatable bonds is 6. The molecule has 0 fully saturated rings. The van der Waals surface area contributed by atoms with Crippen molar-refractivity contribution >= 4 is 23.1 Å². The van der Waals surface area contributed by atoms with Gasteiger partial charge in [-0.2, -0.15) is 5.10 Å². The molecule has 118 valence electrons. The first-order valence-corrected chi connectivity index (χ1v) is 8.12. The maximum Gasteiger partial charge on any atom is 0.266 e. The van der Waals surface area contributed by atoms with Gasteiger partial charge in [-0.05, 0) is 30.5 Å². The number of aromatic amines is 1. The van der Waals surface area contributed by atoms with Gasteiger partial charge in [0.2, 0.25) is 0 Å². The van der Waals surface area contributed by atoms with Crippen LogP contribution in [0.4, 0.5) is 5.82 Å². The van der Waals surface area contributed by atoms with E-state index in [2.05, 4.69) is 10.2 Å². The Bertz CT molecular complexity index is 737. The molecule has 3 rings (SSSR count). The summed E-state index contributed by atoms with van der Waals surface area (Å²) in [5.41, 5.74) is 1.15. The van der Waals surface area contributed by atoms with Crippen LogP contribution in [0.1, 0.15) is 10.4 Å². The summed E-state index contributed by atoms with van der Waals surface area (Å²) >= 11 is 1.61. The van der Waals surface area contributed by atoms with Gasteiger partial charge in [-0.3, -0.25) is 14.8 Å². The molecule has 0 bridgehead atoms. The first kappa shape index (κ1) is 15.3. The number of nitrogens with one attached hydrogen (secondary N) is 1. The number of carbonyl (C=O) groups is 1. The van der Waals surface area contributed by atoms with Crippen LogP contribution in [0.25, 0.3) is 0 Å². The van der Waals surface area contributed by atoms with E-state index in [1.54, 1.807) is 28.5 Å². The zero-order valence-corrected chi connectivity index (χ0v) is 13.5. The SMILES string of the molecule is Cc1ccc(OCC(=O)N(Cc2cccs2)c2ccn[nH]2)cc1. The minimum Gasteiger partial charge on any atom is -0.484 e. The van der Waals surface area contributed by atoms with Crippen LogP contribution in [0.3, 0.4) is 0 Å². The van der Waals surface area contributed by atoms with Gasteiger partial charge in [0.25, 0.3) is 5.91 Å². The summed E-state index contributed by atoms with van der Waals surface area (Å²) in [6, 6.07) is 13.4. The number of benzene rings is 1. The quantitative estimate of drug-likeness (QED) is 0.755. The molecule has 23 heavy (non-hydrogen) atoms. The van der Waals surface area contributed by atoms with Crippen molar-refractivity contribution in [2.45, 2.75) is 13.5 Å². The van der Waals surface area contributed by atoms with Crippen LogP contribution < -0.4 is 9.64 Å². The Morgan fingerprint density at radius 1 is 1.26 bits per heavy atom. The first-order chi connectivity index (χ1) is 11.2. The summed E-state index contributed by atoms with van der Waals surface area (Å²) in [6.07, 6.45) is 1.63. The maximum atomic E-state index is 12.6. The predicted molar refractivity (Wildman–Crippen MR) is 90.8 cm³/mol. The number of hydrogen-bond donors (Lipinski definition) is 1. The summed E-state index contributed by atoms with van der Waals surface area (Å²) in [5, 5.41) is 8.76. The molecule has 2 aromatic heterocycles. The van der Waals surface area contributed by atoms with Gasteiger partial charge in [-0.15, -0.1) is 11.3 Å². The molecule has 0 radical (unpaired) electrons. The number of carbonyl (C=O) groups excluding carboxylic acids is 1. The van der Waals surface area contributed by atoms with Crippen molar-refractivity contribution in [3.8, 4) is 5.75 Å². The molecule has 3 aromatic rings. The van der Waals surface area contributed by atoms with Gasteiger partial charge in [-0.25, -0.2) is 0 Å². The third kappa shape index (κ3) is 3.98. The fraction of sp³-hybridized carbons (Fsp3) is 0.176. The lowest BCUT2D eigenvalue weighted by atomic mass is 10.2. The molecule has 0 atom stereocenters. The number of amides is 1. The Morgan fingerprint density at radius 2 is 2.09 bits per heavy atom. The van der Waals surface area contributed by atoms with Gasteiger partial charge in [0.05, 0.1) is 12.7 Å². The molecular weight excluding hydrogens is 310 g/mol. The van der Waals surface area contributed by atoms with Gasteiger partial charge in [0, 0.05) is 10.9 Å². The van der Waals surface area contributed by atoms with Crippen molar-refractivity contribution in [1.82, 2.24) is 10.2 Å². The second-order valence-corrected chi connectivity index (χ2v) is 6.14. The smallest absolute Gasteiger partial charge is 0.266 e. The second kappa shape index (κ2) is 7.11. The van der Waals surface area contributed by atoms with Gasteiger partial charge < -0.3 is 4.74 Å².